The number of carboxylic acids is 2. The first kappa shape index (κ1) is 18.1. The van der Waals surface area contributed by atoms with E-state index in [1.165, 1.54) is 22.7 Å². The lowest BCUT2D eigenvalue weighted by molar-refractivity contribution is -0.140. The van der Waals surface area contributed by atoms with Gasteiger partial charge in [-0.2, -0.15) is 0 Å². The molecule has 0 atom stereocenters. The predicted octanol–water partition coefficient (Wildman–Crippen LogP) is 1.79. The highest BCUT2D eigenvalue weighted by Crippen LogP contribution is 2.47. The fourth-order valence-corrected chi connectivity index (χ4v) is 4.88. The number of carbonyl (C=O) groups is 4. The van der Waals surface area contributed by atoms with Crippen LogP contribution in [0.1, 0.15) is 9.75 Å². The number of nitrogens with zero attached hydrogens (tertiary/aromatic N) is 2. The summed E-state index contributed by atoms with van der Waals surface area (Å²) in [7, 11) is 0. The zero-order chi connectivity index (χ0) is 20.0. The Bertz CT molecular complexity index is 980. The van der Waals surface area contributed by atoms with Gasteiger partial charge in [-0.05, 0) is 22.9 Å². The smallest absolute Gasteiger partial charge is 0.323 e. The highest BCUT2D eigenvalue weighted by atomic mass is 32.1. The molecule has 4 rings (SSSR count). The van der Waals surface area contributed by atoms with Crippen LogP contribution in [0.4, 0.5) is 0 Å². The van der Waals surface area contributed by atoms with E-state index in [1.54, 1.807) is 35.0 Å². The van der Waals surface area contributed by atoms with E-state index in [0.717, 1.165) is 9.80 Å². The minimum absolute atomic E-state index is 0.0540. The molecule has 0 saturated heterocycles. The Hall–Kier alpha value is -3.24. The summed E-state index contributed by atoms with van der Waals surface area (Å²) in [5, 5.41) is 22.0. The Labute approximate surface area is 166 Å². The van der Waals surface area contributed by atoms with Gasteiger partial charge in [-0.1, -0.05) is 12.1 Å². The van der Waals surface area contributed by atoms with Crippen molar-refractivity contribution in [3.05, 3.63) is 55.9 Å². The van der Waals surface area contributed by atoms with Gasteiger partial charge in [0.15, 0.2) is 0 Å². The third kappa shape index (κ3) is 2.74. The molecule has 28 heavy (non-hydrogen) atoms. The highest BCUT2D eigenvalue weighted by molar-refractivity contribution is 7.11. The molecule has 0 aliphatic carbocycles. The number of carboxylic acid groups (broad SMARTS) is 2. The van der Waals surface area contributed by atoms with Crippen LogP contribution < -0.4 is 0 Å². The van der Waals surface area contributed by atoms with Crippen LogP contribution in [0.3, 0.4) is 0 Å². The molecule has 0 fully saturated rings. The Balaban J connectivity index is 1.99. The van der Waals surface area contributed by atoms with Crippen LogP contribution in [-0.4, -0.2) is 56.9 Å². The van der Waals surface area contributed by atoms with E-state index < -0.39 is 36.8 Å². The predicted molar refractivity (Wildman–Crippen MR) is 101 cm³/mol. The molecule has 2 aromatic heterocycles. The minimum Gasteiger partial charge on any atom is -0.480 e. The zero-order valence-electron chi connectivity index (χ0n) is 14.1. The van der Waals surface area contributed by atoms with Crippen molar-refractivity contribution in [3.63, 3.8) is 0 Å². The van der Waals surface area contributed by atoms with Gasteiger partial charge in [0.25, 0.3) is 11.8 Å². The molecule has 142 valence electrons. The lowest BCUT2D eigenvalue weighted by Crippen LogP contribution is -2.34. The molecule has 2 aliphatic rings. The first-order chi connectivity index (χ1) is 13.4. The van der Waals surface area contributed by atoms with Gasteiger partial charge in [0.2, 0.25) is 0 Å². The summed E-state index contributed by atoms with van der Waals surface area (Å²) >= 11 is 2.53. The van der Waals surface area contributed by atoms with Gasteiger partial charge in [-0.25, -0.2) is 0 Å². The van der Waals surface area contributed by atoms with Gasteiger partial charge in [0.05, 0.1) is 32.3 Å². The van der Waals surface area contributed by atoms with Crippen molar-refractivity contribution in [1.82, 2.24) is 9.80 Å². The van der Waals surface area contributed by atoms with Crippen molar-refractivity contribution in [2.24, 2.45) is 0 Å². The Morgan fingerprint density at radius 1 is 0.786 bits per heavy atom. The van der Waals surface area contributed by atoms with E-state index >= 15 is 0 Å². The van der Waals surface area contributed by atoms with Crippen LogP contribution in [-0.2, 0) is 19.2 Å². The molecule has 2 amide bonds. The van der Waals surface area contributed by atoms with Gasteiger partial charge in [0, 0.05) is 0 Å². The molecule has 4 heterocycles. The average Bonchev–Trinajstić information content (AvgIpc) is 3.39. The summed E-state index contributed by atoms with van der Waals surface area (Å²) < 4.78 is 0. The van der Waals surface area contributed by atoms with Gasteiger partial charge >= 0.3 is 11.9 Å². The Kier molecular flexibility index (Phi) is 4.36. The van der Waals surface area contributed by atoms with Crippen molar-refractivity contribution in [3.8, 4) is 0 Å². The normalized spacial score (nSPS) is 16.4. The maximum atomic E-state index is 13.2. The number of thiophene rings is 2. The largest absolute Gasteiger partial charge is 0.480 e. The van der Waals surface area contributed by atoms with Crippen LogP contribution in [0.25, 0.3) is 11.4 Å². The van der Waals surface area contributed by atoms with E-state index in [1.807, 2.05) is 0 Å². The summed E-state index contributed by atoms with van der Waals surface area (Å²) in [5.74, 6) is -3.66. The first-order valence-corrected chi connectivity index (χ1v) is 9.80. The molecule has 0 radical (unpaired) electrons. The summed E-state index contributed by atoms with van der Waals surface area (Å²) in [6.45, 7) is -1.19. The second-order valence-electron chi connectivity index (χ2n) is 5.97. The number of hydrogen-bond acceptors (Lipinski definition) is 6. The molecular weight excluding hydrogens is 404 g/mol. The van der Waals surface area contributed by atoms with Crippen LogP contribution in [0.5, 0.6) is 0 Å². The number of fused-ring (bicyclic) bond motifs is 1. The third-order valence-electron chi connectivity index (χ3n) is 4.28. The molecule has 2 N–H and O–H groups in total. The standard InChI is InChI=1S/C18H12N2O6S2/c21-11(22)7-19-15(9-3-1-5-27-9)13-14(18(19)26)16(10-4-2-6-28-10)20(17(13)25)8-12(23)24/h1-6H,7-8H2,(H,21,22)(H,23,24). The molecule has 0 saturated carbocycles. The molecule has 0 spiro atoms. The van der Waals surface area contributed by atoms with Gasteiger partial charge < -0.3 is 10.2 Å². The SMILES string of the molecule is O=C(O)CN1C(=O)C2=C(c3cccs3)N(CC(=O)O)C(=O)C2=C1c1cccs1. The van der Waals surface area contributed by atoms with Crippen LogP contribution in [0.15, 0.2) is 46.2 Å². The maximum Gasteiger partial charge on any atom is 0.323 e. The van der Waals surface area contributed by atoms with Crippen molar-refractivity contribution < 1.29 is 29.4 Å². The van der Waals surface area contributed by atoms with E-state index in [9.17, 15) is 29.4 Å². The number of amides is 2. The summed E-state index contributed by atoms with van der Waals surface area (Å²) in [6.07, 6.45) is 0. The summed E-state index contributed by atoms with van der Waals surface area (Å²) in [6, 6.07) is 6.84. The first-order valence-electron chi connectivity index (χ1n) is 8.04. The molecule has 2 aliphatic heterocycles. The van der Waals surface area contributed by atoms with E-state index in [4.69, 9.17) is 0 Å². The van der Waals surface area contributed by atoms with E-state index in [0.29, 0.717) is 9.75 Å². The lowest BCUT2D eigenvalue weighted by Gasteiger charge is -2.22. The molecular formula is C18H12N2O6S2. The third-order valence-corrected chi connectivity index (χ3v) is 6.03. The quantitative estimate of drug-likeness (QED) is 0.742. The number of carbonyl (C=O) groups excluding carboxylic acids is 2. The van der Waals surface area contributed by atoms with Crippen molar-refractivity contribution >= 4 is 57.8 Å². The Morgan fingerprint density at radius 3 is 1.46 bits per heavy atom. The summed E-state index contributed by atoms with van der Waals surface area (Å²) in [5.41, 5.74) is 0.533. The van der Waals surface area contributed by atoms with Crippen LogP contribution in [0, 0.1) is 0 Å². The van der Waals surface area contributed by atoms with Gasteiger partial charge in [0.1, 0.15) is 13.1 Å². The van der Waals surface area contributed by atoms with Crippen LogP contribution >= 0.6 is 22.7 Å². The molecule has 0 unspecified atom stereocenters. The fourth-order valence-electron chi connectivity index (χ4n) is 3.31. The monoisotopic (exact) mass is 416 g/mol. The molecule has 0 aromatic carbocycles. The van der Waals surface area contributed by atoms with E-state index in [-0.39, 0.29) is 22.5 Å². The average molecular weight is 416 g/mol. The van der Waals surface area contributed by atoms with Crippen LogP contribution in [0.2, 0.25) is 0 Å². The van der Waals surface area contributed by atoms with E-state index in [2.05, 4.69) is 0 Å². The second kappa shape index (κ2) is 6.73. The highest BCUT2D eigenvalue weighted by Gasteiger charge is 2.50. The fraction of sp³-hybridized carbons (Fsp3) is 0.111. The number of hydrogen-bond donors (Lipinski definition) is 2. The zero-order valence-corrected chi connectivity index (χ0v) is 15.7. The maximum absolute atomic E-state index is 13.2. The summed E-state index contributed by atoms with van der Waals surface area (Å²) in [4.78, 5) is 52.3. The number of aliphatic carboxylic acids is 2. The molecule has 8 nitrogen and oxygen atoms in total. The Morgan fingerprint density at radius 2 is 1.18 bits per heavy atom. The topological polar surface area (TPSA) is 115 Å². The molecule has 0 bridgehead atoms. The molecule has 10 heteroatoms. The minimum atomic E-state index is -1.21. The van der Waals surface area contributed by atoms with Gasteiger partial charge in [-0.3, -0.25) is 29.0 Å². The van der Waals surface area contributed by atoms with Gasteiger partial charge in [-0.15, -0.1) is 22.7 Å². The lowest BCUT2D eigenvalue weighted by atomic mass is 10.1. The second-order valence-corrected chi connectivity index (χ2v) is 7.87. The molecule has 2 aromatic rings. The van der Waals surface area contributed by atoms with Crippen molar-refractivity contribution in [2.75, 3.05) is 13.1 Å². The van der Waals surface area contributed by atoms with Crippen molar-refractivity contribution in [1.29, 1.82) is 0 Å². The van der Waals surface area contributed by atoms with Crippen molar-refractivity contribution in [2.45, 2.75) is 0 Å². The number of rotatable bonds is 6.